The molecule has 0 aromatic heterocycles. The summed E-state index contributed by atoms with van der Waals surface area (Å²) in [6, 6.07) is 0. The molecule has 1 aliphatic carbocycles. The summed E-state index contributed by atoms with van der Waals surface area (Å²) in [4.78, 5) is 0. The van der Waals surface area contributed by atoms with Gasteiger partial charge in [0, 0.05) is 19.3 Å². The van der Waals surface area contributed by atoms with E-state index in [0.29, 0.717) is 0 Å². The zero-order valence-electron chi connectivity index (χ0n) is 11.8. The van der Waals surface area contributed by atoms with E-state index in [1.54, 1.807) is 0 Å². The quantitative estimate of drug-likeness (QED) is 0.773. The Hall–Kier alpha value is -0.515. The fourth-order valence-electron chi connectivity index (χ4n) is 2.32. The summed E-state index contributed by atoms with van der Waals surface area (Å²) >= 11 is 0. The molecule has 0 aromatic rings. The second-order valence-corrected chi connectivity index (χ2v) is 6.72. The smallest absolute Gasteiger partial charge is 0.399 e. The van der Waals surface area contributed by atoms with Crippen LogP contribution in [0.2, 0.25) is 0 Å². The van der Waals surface area contributed by atoms with Crippen LogP contribution in [0.5, 0.6) is 0 Å². The Morgan fingerprint density at radius 3 is 2.44 bits per heavy atom. The van der Waals surface area contributed by atoms with Crippen molar-refractivity contribution in [3.63, 3.8) is 0 Å². The van der Waals surface area contributed by atoms with E-state index in [2.05, 4.69) is 44.3 Å². The molecule has 4 nitrogen and oxygen atoms in total. The van der Waals surface area contributed by atoms with Crippen molar-refractivity contribution in [2.75, 3.05) is 13.1 Å². The van der Waals surface area contributed by atoms with E-state index in [1.165, 1.54) is 18.3 Å². The summed E-state index contributed by atoms with van der Waals surface area (Å²) < 4.78 is 12.1. The first-order valence-corrected chi connectivity index (χ1v) is 6.94. The first-order valence-electron chi connectivity index (χ1n) is 6.94. The SMILES string of the molecule is CC1(C)OB(C2=CN(CC3CC3)NC2)OC1(C)C. The van der Waals surface area contributed by atoms with Crippen molar-refractivity contribution >= 4 is 7.12 Å². The molecular formula is C13H23BN2O2. The van der Waals surface area contributed by atoms with Gasteiger partial charge >= 0.3 is 7.12 Å². The molecule has 3 aliphatic rings. The van der Waals surface area contributed by atoms with Crippen molar-refractivity contribution in [2.45, 2.75) is 51.7 Å². The molecule has 2 heterocycles. The van der Waals surface area contributed by atoms with Gasteiger partial charge in [-0.25, -0.2) is 5.43 Å². The largest absolute Gasteiger partial charge is 0.493 e. The Morgan fingerprint density at radius 1 is 1.28 bits per heavy atom. The standard InChI is InChI=1S/C13H23BN2O2/c1-12(2)13(3,4)18-14(17-12)11-7-15-16(9-11)8-10-5-6-10/h9-10,15H,5-8H2,1-4H3. The Morgan fingerprint density at radius 2 is 1.89 bits per heavy atom. The van der Waals surface area contributed by atoms with E-state index in [4.69, 9.17) is 9.31 Å². The first-order chi connectivity index (χ1) is 8.37. The maximum Gasteiger partial charge on any atom is 0.493 e. The van der Waals surface area contributed by atoms with E-state index < -0.39 is 0 Å². The van der Waals surface area contributed by atoms with Gasteiger partial charge in [0.1, 0.15) is 0 Å². The van der Waals surface area contributed by atoms with Gasteiger partial charge < -0.3 is 14.3 Å². The summed E-state index contributed by atoms with van der Waals surface area (Å²) in [6.45, 7) is 10.3. The summed E-state index contributed by atoms with van der Waals surface area (Å²) in [5, 5.41) is 2.19. The van der Waals surface area contributed by atoms with Crippen molar-refractivity contribution in [3.05, 3.63) is 11.7 Å². The molecule has 0 amide bonds. The lowest BCUT2D eigenvalue weighted by Gasteiger charge is -2.32. The molecule has 18 heavy (non-hydrogen) atoms. The van der Waals surface area contributed by atoms with Crippen LogP contribution in [0.1, 0.15) is 40.5 Å². The van der Waals surface area contributed by atoms with Crippen molar-refractivity contribution in [2.24, 2.45) is 5.92 Å². The number of hydrazine groups is 1. The zero-order valence-corrected chi connectivity index (χ0v) is 11.8. The highest BCUT2D eigenvalue weighted by Crippen LogP contribution is 2.39. The van der Waals surface area contributed by atoms with E-state index in [9.17, 15) is 0 Å². The fourth-order valence-corrected chi connectivity index (χ4v) is 2.32. The van der Waals surface area contributed by atoms with Gasteiger partial charge in [-0.15, -0.1) is 0 Å². The minimum Gasteiger partial charge on any atom is -0.399 e. The van der Waals surface area contributed by atoms with Crippen LogP contribution < -0.4 is 5.43 Å². The van der Waals surface area contributed by atoms with E-state index in [-0.39, 0.29) is 18.3 Å². The third-order valence-corrected chi connectivity index (χ3v) is 4.52. The normalized spacial score (nSPS) is 29.9. The fraction of sp³-hybridized carbons (Fsp3) is 0.846. The number of hydrogen-bond acceptors (Lipinski definition) is 4. The van der Waals surface area contributed by atoms with Gasteiger partial charge in [-0.3, -0.25) is 0 Å². The number of nitrogens with zero attached hydrogens (tertiary/aromatic N) is 1. The van der Waals surface area contributed by atoms with Crippen LogP contribution in [0, 0.1) is 5.92 Å². The van der Waals surface area contributed by atoms with Crippen LogP contribution in [0.4, 0.5) is 0 Å². The molecule has 0 spiro atoms. The number of hydrogen-bond donors (Lipinski definition) is 1. The molecule has 1 N–H and O–H groups in total. The molecule has 1 saturated carbocycles. The lowest BCUT2D eigenvalue weighted by atomic mass is 9.79. The average molecular weight is 250 g/mol. The van der Waals surface area contributed by atoms with Gasteiger partial charge in [-0.1, -0.05) is 0 Å². The molecule has 0 unspecified atom stereocenters. The molecule has 0 atom stereocenters. The summed E-state index contributed by atoms with van der Waals surface area (Å²) in [5.41, 5.74) is 4.10. The molecule has 2 aliphatic heterocycles. The third-order valence-electron chi connectivity index (χ3n) is 4.52. The first kappa shape index (κ1) is 12.5. The Kier molecular flexibility index (Phi) is 2.77. The lowest BCUT2D eigenvalue weighted by Crippen LogP contribution is -2.41. The van der Waals surface area contributed by atoms with Crippen LogP contribution in [0.25, 0.3) is 0 Å². The molecule has 0 bridgehead atoms. The Labute approximate surface area is 110 Å². The molecule has 0 radical (unpaired) electrons. The lowest BCUT2D eigenvalue weighted by molar-refractivity contribution is 0.00578. The van der Waals surface area contributed by atoms with Crippen LogP contribution in [-0.4, -0.2) is 36.4 Å². The highest BCUT2D eigenvalue weighted by atomic mass is 16.7. The van der Waals surface area contributed by atoms with Gasteiger partial charge in [-0.2, -0.15) is 0 Å². The van der Waals surface area contributed by atoms with Gasteiger partial charge in [0.25, 0.3) is 0 Å². The van der Waals surface area contributed by atoms with Crippen LogP contribution in [0.3, 0.4) is 0 Å². The monoisotopic (exact) mass is 250 g/mol. The zero-order chi connectivity index (χ0) is 13.0. The average Bonchev–Trinajstić information content (AvgIpc) is 2.86. The van der Waals surface area contributed by atoms with Crippen molar-refractivity contribution in [1.82, 2.24) is 10.4 Å². The van der Waals surface area contributed by atoms with Gasteiger partial charge in [0.2, 0.25) is 0 Å². The van der Waals surface area contributed by atoms with Gasteiger partial charge in [0.15, 0.2) is 0 Å². The predicted octanol–water partition coefficient (Wildman–Crippen LogP) is 1.73. The molecule has 100 valence electrons. The van der Waals surface area contributed by atoms with E-state index in [0.717, 1.165) is 19.0 Å². The topological polar surface area (TPSA) is 33.7 Å². The maximum absolute atomic E-state index is 6.06. The maximum atomic E-state index is 6.06. The Balaban J connectivity index is 1.66. The highest BCUT2D eigenvalue weighted by Gasteiger charge is 2.52. The second kappa shape index (κ2) is 3.99. The second-order valence-electron chi connectivity index (χ2n) is 6.72. The van der Waals surface area contributed by atoms with Crippen molar-refractivity contribution in [1.29, 1.82) is 0 Å². The highest BCUT2D eigenvalue weighted by molar-refractivity contribution is 6.54. The van der Waals surface area contributed by atoms with Gasteiger partial charge in [-0.05, 0) is 51.9 Å². The predicted molar refractivity (Wildman–Crippen MR) is 71.6 cm³/mol. The molecule has 2 fully saturated rings. The molecule has 1 saturated heterocycles. The summed E-state index contributed by atoms with van der Waals surface area (Å²) in [5.74, 6) is 0.881. The minimum absolute atomic E-state index is 0.202. The number of rotatable bonds is 3. The third kappa shape index (κ3) is 2.19. The molecular weight excluding hydrogens is 227 g/mol. The van der Waals surface area contributed by atoms with Crippen LogP contribution in [-0.2, 0) is 9.31 Å². The van der Waals surface area contributed by atoms with E-state index in [1.807, 2.05) is 0 Å². The van der Waals surface area contributed by atoms with Crippen LogP contribution in [0.15, 0.2) is 11.7 Å². The minimum atomic E-state index is -0.248. The van der Waals surface area contributed by atoms with Crippen molar-refractivity contribution < 1.29 is 9.31 Å². The van der Waals surface area contributed by atoms with Crippen molar-refractivity contribution in [3.8, 4) is 0 Å². The van der Waals surface area contributed by atoms with Gasteiger partial charge in [0.05, 0.1) is 11.2 Å². The summed E-state index contributed by atoms with van der Waals surface area (Å²) in [6.07, 6.45) is 4.91. The molecule has 3 rings (SSSR count). The van der Waals surface area contributed by atoms with E-state index >= 15 is 0 Å². The summed E-state index contributed by atoms with van der Waals surface area (Å²) in [7, 11) is -0.202. The Bertz CT molecular complexity index is 361. The molecule has 0 aromatic carbocycles. The molecule has 5 heteroatoms. The number of nitrogens with one attached hydrogen (secondary N) is 1. The van der Waals surface area contributed by atoms with Crippen LogP contribution >= 0.6 is 0 Å².